The van der Waals surface area contributed by atoms with Crippen molar-refractivity contribution in [1.29, 1.82) is 5.26 Å². The maximum atomic E-state index is 9.33. The molecule has 0 amide bonds. The molecule has 0 radical (unpaired) electrons. The molecule has 0 aromatic carbocycles. The molecule has 2 unspecified atom stereocenters. The van der Waals surface area contributed by atoms with Crippen LogP contribution in [0.15, 0.2) is 12.7 Å². The van der Waals surface area contributed by atoms with Gasteiger partial charge in [0.2, 0.25) is 0 Å². The third kappa shape index (κ3) is 2.07. The Bertz CT molecular complexity index is 362. The second-order valence-electron chi connectivity index (χ2n) is 4.35. The second-order valence-corrected chi connectivity index (χ2v) is 4.35. The summed E-state index contributed by atoms with van der Waals surface area (Å²) in [4.78, 5) is 3.97. The number of hydrogen-bond donors (Lipinski definition) is 1. The predicted octanol–water partition coefficient (Wildman–Crippen LogP) is 1.27. The van der Waals surface area contributed by atoms with E-state index >= 15 is 0 Å². The van der Waals surface area contributed by atoms with Gasteiger partial charge in [-0.15, -0.1) is 0 Å². The van der Waals surface area contributed by atoms with Gasteiger partial charge in [0.05, 0.1) is 12.1 Å². The number of rotatable bonds is 3. The zero-order valence-electron chi connectivity index (χ0n) is 9.56. The van der Waals surface area contributed by atoms with Crippen LogP contribution in [0.2, 0.25) is 0 Å². The summed E-state index contributed by atoms with van der Waals surface area (Å²) in [6, 6.07) is 2.74. The monoisotopic (exact) mass is 219 g/mol. The lowest BCUT2D eigenvalue weighted by Gasteiger charge is -2.36. The topological polar surface area (TPSA) is 66.5 Å². The molecule has 1 aliphatic carbocycles. The Kier molecular flexibility index (Phi) is 3.20. The van der Waals surface area contributed by atoms with Gasteiger partial charge < -0.3 is 0 Å². The Morgan fingerprint density at radius 1 is 1.69 bits per heavy atom. The van der Waals surface area contributed by atoms with Crippen molar-refractivity contribution >= 4 is 0 Å². The summed E-state index contributed by atoms with van der Waals surface area (Å²) < 4.78 is 1.88. The molecule has 0 aliphatic heterocycles. The average molecular weight is 219 g/mol. The summed E-state index contributed by atoms with van der Waals surface area (Å²) in [7, 11) is 0. The lowest BCUT2D eigenvalue weighted by molar-refractivity contribution is 0.222. The highest BCUT2D eigenvalue weighted by Crippen LogP contribution is 2.34. The predicted molar refractivity (Wildman–Crippen MR) is 59.5 cm³/mol. The van der Waals surface area contributed by atoms with Crippen molar-refractivity contribution in [1.82, 2.24) is 20.1 Å². The van der Waals surface area contributed by atoms with Crippen molar-refractivity contribution in [3.05, 3.63) is 12.7 Å². The highest BCUT2D eigenvalue weighted by Gasteiger charge is 2.36. The fourth-order valence-corrected chi connectivity index (χ4v) is 2.52. The third-order valence-corrected chi connectivity index (χ3v) is 3.26. The van der Waals surface area contributed by atoms with Gasteiger partial charge in [0, 0.05) is 6.42 Å². The quantitative estimate of drug-likeness (QED) is 0.831. The summed E-state index contributed by atoms with van der Waals surface area (Å²) in [5.41, 5.74) is -0.371. The van der Waals surface area contributed by atoms with E-state index in [0.29, 0.717) is 6.04 Å². The Morgan fingerprint density at radius 3 is 3.19 bits per heavy atom. The fourth-order valence-electron chi connectivity index (χ4n) is 2.52. The van der Waals surface area contributed by atoms with Crippen molar-refractivity contribution in [2.24, 2.45) is 0 Å². The van der Waals surface area contributed by atoms with Gasteiger partial charge >= 0.3 is 0 Å². The molecule has 1 heterocycles. The number of nitriles is 1. The second kappa shape index (κ2) is 4.62. The van der Waals surface area contributed by atoms with Crippen molar-refractivity contribution in [2.45, 2.75) is 44.2 Å². The maximum absolute atomic E-state index is 9.33. The van der Waals surface area contributed by atoms with Crippen molar-refractivity contribution < 1.29 is 0 Å². The zero-order valence-corrected chi connectivity index (χ0v) is 9.56. The van der Waals surface area contributed by atoms with E-state index in [-0.39, 0.29) is 5.54 Å². The van der Waals surface area contributed by atoms with Crippen LogP contribution in [0.4, 0.5) is 0 Å². The number of nitrogens with zero attached hydrogens (tertiary/aromatic N) is 4. The van der Waals surface area contributed by atoms with Gasteiger partial charge in [-0.2, -0.15) is 10.4 Å². The first-order valence-electron chi connectivity index (χ1n) is 5.80. The Labute approximate surface area is 95.5 Å². The molecule has 2 rings (SSSR count). The summed E-state index contributed by atoms with van der Waals surface area (Å²) in [5, 5.41) is 16.8. The molecule has 1 saturated carbocycles. The van der Waals surface area contributed by atoms with E-state index in [1.54, 1.807) is 12.7 Å². The highest BCUT2D eigenvalue weighted by atomic mass is 15.3. The molecule has 86 valence electrons. The van der Waals surface area contributed by atoms with Crippen molar-refractivity contribution in [2.75, 3.05) is 6.54 Å². The van der Waals surface area contributed by atoms with Crippen LogP contribution in [0.1, 0.15) is 38.6 Å². The van der Waals surface area contributed by atoms with Gasteiger partial charge in [-0.3, -0.25) is 5.32 Å². The summed E-state index contributed by atoms with van der Waals surface area (Å²) in [6.07, 6.45) is 7.19. The van der Waals surface area contributed by atoms with Crippen LogP contribution in [0.3, 0.4) is 0 Å². The van der Waals surface area contributed by atoms with Gasteiger partial charge in [0.25, 0.3) is 0 Å². The molecule has 1 aliphatic rings. The highest BCUT2D eigenvalue weighted by molar-refractivity contribution is 5.10. The SMILES string of the molecule is CCNC1(C#N)CCCC(n2cncn2)C1. The molecule has 0 spiro atoms. The number of nitrogens with one attached hydrogen (secondary N) is 1. The molecule has 1 N–H and O–H groups in total. The minimum atomic E-state index is -0.371. The molecule has 5 heteroatoms. The summed E-state index contributed by atoms with van der Waals surface area (Å²) in [5.74, 6) is 0. The first kappa shape index (κ1) is 11.1. The summed E-state index contributed by atoms with van der Waals surface area (Å²) >= 11 is 0. The standard InChI is InChI=1S/C11H17N5/c1-2-14-11(7-12)5-3-4-10(6-11)16-9-13-8-15-16/h8-10,14H,2-6H2,1H3. The molecular weight excluding hydrogens is 202 g/mol. The molecule has 1 aromatic rings. The van der Waals surface area contributed by atoms with E-state index in [4.69, 9.17) is 0 Å². The molecular formula is C11H17N5. The number of aromatic nitrogens is 3. The molecule has 5 nitrogen and oxygen atoms in total. The molecule has 16 heavy (non-hydrogen) atoms. The van der Waals surface area contributed by atoms with Crippen LogP contribution in [-0.2, 0) is 0 Å². The fraction of sp³-hybridized carbons (Fsp3) is 0.727. The first-order chi connectivity index (χ1) is 7.79. The largest absolute Gasteiger partial charge is 0.300 e. The molecule has 1 aromatic heterocycles. The normalized spacial score (nSPS) is 29.9. The van der Waals surface area contributed by atoms with E-state index in [1.807, 2.05) is 11.6 Å². The lowest BCUT2D eigenvalue weighted by atomic mass is 9.80. The van der Waals surface area contributed by atoms with Crippen LogP contribution in [0.5, 0.6) is 0 Å². The smallest absolute Gasteiger partial charge is 0.137 e. The third-order valence-electron chi connectivity index (χ3n) is 3.26. The average Bonchev–Trinajstić information content (AvgIpc) is 2.83. The first-order valence-corrected chi connectivity index (χ1v) is 5.80. The number of hydrogen-bond acceptors (Lipinski definition) is 4. The molecule has 2 atom stereocenters. The molecule has 1 fully saturated rings. The van der Waals surface area contributed by atoms with Gasteiger partial charge in [0.1, 0.15) is 18.2 Å². The zero-order chi connectivity index (χ0) is 11.4. The van der Waals surface area contributed by atoms with Crippen LogP contribution < -0.4 is 5.32 Å². The molecule has 0 saturated heterocycles. The minimum Gasteiger partial charge on any atom is -0.300 e. The van der Waals surface area contributed by atoms with Gasteiger partial charge in [-0.05, 0) is 25.8 Å². The van der Waals surface area contributed by atoms with E-state index in [1.165, 1.54) is 0 Å². The van der Waals surface area contributed by atoms with E-state index in [0.717, 1.165) is 32.2 Å². The van der Waals surface area contributed by atoms with E-state index in [2.05, 4.69) is 21.5 Å². The Balaban J connectivity index is 2.12. The lowest BCUT2D eigenvalue weighted by Crippen LogP contribution is -2.47. The van der Waals surface area contributed by atoms with Gasteiger partial charge in [0.15, 0.2) is 0 Å². The van der Waals surface area contributed by atoms with Gasteiger partial charge in [-0.25, -0.2) is 9.67 Å². The van der Waals surface area contributed by atoms with Crippen LogP contribution in [0, 0.1) is 11.3 Å². The Hall–Kier alpha value is -1.41. The Morgan fingerprint density at radius 2 is 2.56 bits per heavy atom. The minimum absolute atomic E-state index is 0.301. The maximum Gasteiger partial charge on any atom is 0.137 e. The summed E-state index contributed by atoms with van der Waals surface area (Å²) in [6.45, 7) is 2.87. The van der Waals surface area contributed by atoms with Crippen molar-refractivity contribution in [3.63, 3.8) is 0 Å². The van der Waals surface area contributed by atoms with Crippen LogP contribution >= 0.6 is 0 Å². The van der Waals surface area contributed by atoms with Crippen molar-refractivity contribution in [3.8, 4) is 6.07 Å². The van der Waals surface area contributed by atoms with E-state index < -0.39 is 0 Å². The van der Waals surface area contributed by atoms with Crippen LogP contribution in [0.25, 0.3) is 0 Å². The van der Waals surface area contributed by atoms with Gasteiger partial charge in [-0.1, -0.05) is 6.92 Å². The van der Waals surface area contributed by atoms with E-state index in [9.17, 15) is 5.26 Å². The molecule has 0 bridgehead atoms. The van der Waals surface area contributed by atoms with Crippen LogP contribution in [-0.4, -0.2) is 26.8 Å².